The van der Waals surface area contributed by atoms with Gasteiger partial charge in [-0.15, -0.1) is 11.3 Å². The van der Waals surface area contributed by atoms with E-state index in [1.165, 1.54) is 11.3 Å². The molecule has 1 aromatic rings. The summed E-state index contributed by atoms with van der Waals surface area (Å²) < 4.78 is 29.6. The maximum absolute atomic E-state index is 11.7. The minimum absolute atomic E-state index is 0.0685. The van der Waals surface area contributed by atoms with Crippen molar-refractivity contribution in [3.63, 3.8) is 0 Å². The van der Waals surface area contributed by atoms with Gasteiger partial charge in [-0.2, -0.15) is 0 Å². The van der Waals surface area contributed by atoms with Gasteiger partial charge < -0.3 is 10.1 Å². The van der Waals surface area contributed by atoms with Crippen LogP contribution in [0.15, 0.2) is 13.6 Å². The highest BCUT2D eigenvalue weighted by atomic mass is 79.9. The molecule has 1 rings (SSSR count). The third kappa shape index (κ3) is 5.41. The number of carbonyl (C=O) groups is 1. The van der Waals surface area contributed by atoms with Crippen LogP contribution in [0, 0.1) is 0 Å². The van der Waals surface area contributed by atoms with Gasteiger partial charge in [-0.3, -0.25) is 4.79 Å². The van der Waals surface area contributed by atoms with Crippen molar-refractivity contribution in [1.29, 1.82) is 0 Å². The second-order valence-corrected chi connectivity index (χ2v) is 6.71. The van der Waals surface area contributed by atoms with Crippen LogP contribution in [0.4, 0.5) is 8.78 Å². The summed E-state index contributed by atoms with van der Waals surface area (Å²) in [4.78, 5) is 11.6. The molecule has 1 aromatic heterocycles. The lowest BCUT2D eigenvalue weighted by Crippen LogP contribution is -2.27. The molecule has 0 spiro atoms. The number of ether oxygens (including phenoxy) is 1. The van der Waals surface area contributed by atoms with E-state index in [2.05, 4.69) is 41.9 Å². The highest BCUT2D eigenvalue weighted by Crippen LogP contribution is 2.31. The molecule has 0 aliphatic rings. The lowest BCUT2D eigenvalue weighted by atomic mass is 10.3. The Morgan fingerprint density at radius 3 is 2.76 bits per heavy atom. The minimum Gasteiger partial charge on any atom is -0.374 e. The zero-order valence-electron chi connectivity index (χ0n) is 8.51. The first-order valence-electron chi connectivity index (χ1n) is 4.59. The smallest absolute Gasteiger partial charge is 0.261 e. The fraction of sp³-hybridized carbons (Fsp3) is 0.444. The highest BCUT2D eigenvalue weighted by Gasteiger charge is 2.12. The van der Waals surface area contributed by atoms with Crippen molar-refractivity contribution in [2.24, 2.45) is 0 Å². The Balaban J connectivity index is 2.28. The number of amides is 1. The molecule has 0 aliphatic heterocycles. The number of nitrogens with one attached hydrogen (secondary N) is 1. The Morgan fingerprint density at radius 2 is 2.24 bits per heavy atom. The van der Waals surface area contributed by atoms with Gasteiger partial charge in [0, 0.05) is 6.54 Å². The van der Waals surface area contributed by atoms with Gasteiger partial charge in [0.25, 0.3) is 12.3 Å². The summed E-state index contributed by atoms with van der Waals surface area (Å²) in [7, 11) is 0. The fourth-order valence-electron chi connectivity index (χ4n) is 0.999. The van der Waals surface area contributed by atoms with Crippen molar-refractivity contribution in [2.75, 3.05) is 19.8 Å². The van der Waals surface area contributed by atoms with Crippen LogP contribution in [-0.2, 0) is 4.74 Å². The Bertz CT molecular complexity index is 387. The van der Waals surface area contributed by atoms with Gasteiger partial charge in [0.05, 0.1) is 19.7 Å². The van der Waals surface area contributed by atoms with Crippen molar-refractivity contribution >= 4 is 49.1 Å². The van der Waals surface area contributed by atoms with Gasteiger partial charge in [0.2, 0.25) is 0 Å². The first kappa shape index (κ1) is 15.0. The molecule has 0 atom stereocenters. The molecule has 0 unspecified atom stereocenters. The molecule has 0 aromatic carbocycles. The van der Waals surface area contributed by atoms with Crippen LogP contribution >= 0.6 is 43.2 Å². The summed E-state index contributed by atoms with van der Waals surface area (Å²) in [5, 5.41) is 2.57. The topological polar surface area (TPSA) is 38.3 Å². The highest BCUT2D eigenvalue weighted by molar-refractivity contribution is 9.12. The number of halogens is 4. The second-order valence-electron chi connectivity index (χ2n) is 2.96. The van der Waals surface area contributed by atoms with E-state index < -0.39 is 13.0 Å². The van der Waals surface area contributed by atoms with Gasteiger partial charge in [-0.05, 0) is 37.9 Å². The predicted molar refractivity (Wildman–Crippen MR) is 68.9 cm³/mol. The van der Waals surface area contributed by atoms with Crippen molar-refractivity contribution < 1.29 is 18.3 Å². The summed E-state index contributed by atoms with van der Waals surface area (Å²) in [6.45, 7) is -0.339. The lowest BCUT2D eigenvalue weighted by molar-refractivity contribution is 0.0188. The van der Waals surface area contributed by atoms with E-state index in [4.69, 9.17) is 0 Å². The Hall–Kier alpha value is -0.0500. The first-order valence-corrected chi connectivity index (χ1v) is 7.00. The maximum Gasteiger partial charge on any atom is 0.261 e. The quantitative estimate of drug-likeness (QED) is 0.754. The molecular formula is C9H9Br2F2NO2S. The minimum atomic E-state index is -2.48. The van der Waals surface area contributed by atoms with E-state index in [1.54, 1.807) is 6.07 Å². The number of thiophene rings is 1. The molecule has 3 nitrogen and oxygen atoms in total. The van der Waals surface area contributed by atoms with E-state index in [1.807, 2.05) is 0 Å². The van der Waals surface area contributed by atoms with Crippen LogP contribution in [0.25, 0.3) is 0 Å². The molecule has 1 amide bonds. The van der Waals surface area contributed by atoms with Crippen LogP contribution in [0.2, 0.25) is 0 Å². The average Bonchev–Trinajstić information content (AvgIpc) is 2.56. The van der Waals surface area contributed by atoms with E-state index in [0.717, 1.165) is 7.57 Å². The molecule has 0 radical (unpaired) electrons. The largest absolute Gasteiger partial charge is 0.374 e. The van der Waals surface area contributed by atoms with Crippen molar-refractivity contribution in [3.05, 3.63) is 19.2 Å². The standard InChI is InChI=1S/C9H9Br2F2NO2S/c10-6-3-5(8(11)17-6)9(15)14-1-2-16-4-7(12)13/h3,7H,1-2,4H2,(H,14,15). The summed E-state index contributed by atoms with van der Waals surface area (Å²) in [6, 6.07) is 1.68. The SMILES string of the molecule is O=C(NCCOCC(F)F)c1cc(Br)sc1Br. The maximum atomic E-state index is 11.7. The van der Waals surface area contributed by atoms with Gasteiger partial charge in [0.15, 0.2) is 0 Å². The third-order valence-electron chi connectivity index (χ3n) is 1.68. The molecule has 8 heteroatoms. The number of alkyl halides is 2. The number of hydrogen-bond acceptors (Lipinski definition) is 3. The Morgan fingerprint density at radius 1 is 1.53 bits per heavy atom. The number of hydrogen-bond donors (Lipinski definition) is 1. The number of rotatable bonds is 6. The molecule has 0 saturated carbocycles. The summed E-state index contributed by atoms with van der Waals surface area (Å²) >= 11 is 7.90. The normalized spacial score (nSPS) is 10.9. The van der Waals surface area contributed by atoms with Crippen molar-refractivity contribution in [2.45, 2.75) is 6.43 Å². The Labute approximate surface area is 118 Å². The molecule has 17 heavy (non-hydrogen) atoms. The van der Waals surface area contributed by atoms with Crippen LogP contribution in [0.3, 0.4) is 0 Å². The molecule has 1 N–H and O–H groups in total. The summed E-state index contributed by atoms with van der Waals surface area (Å²) in [5.74, 6) is -0.264. The summed E-state index contributed by atoms with van der Waals surface area (Å²) in [6.07, 6.45) is -2.48. The van der Waals surface area contributed by atoms with Gasteiger partial charge in [-0.25, -0.2) is 8.78 Å². The van der Waals surface area contributed by atoms with E-state index in [0.29, 0.717) is 5.56 Å². The van der Waals surface area contributed by atoms with Gasteiger partial charge in [0.1, 0.15) is 6.61 Å². The Kier molecular flexibility index (Phi) is 6.53. The molecule has 0 saturated heterocycles. The van der Waals surface area contributed by atoms with E-state index in [-0.39, 0.29) is 19.1 Å². The molecular weight excluding hydrogens is 384 g/mol. The molecule has 0 aliphatic carbocycles. The van der Waals surface area contributed by atoms with Crippen molar-refractivity contribution in [3.8, 4) is 0 Å². The van der Waals surface area contributed by atoms with Crippen LogP contribution in [0.5, 0.6) is 0 Å². The van der Waals surface area contributed by atoms with E-state index >= 15 is 0 Å². The zero-order valence-corrected chi connectivity index (χ0v) is 12.5. The first-order chi connectivity index (χ1) is 8.00. The third-order valence-corrected chi connectivity index (χ3v) is 4.02. The van der Waals surface area contributed by atoms with Crippen LogP contribution in [0.1, 0.15) is 10.4 Å². The average molecular weight is 393 g/mol. The molecule has 1 heterocycles. The fourth-order valence-corrected chi connectivity index (χ4v) is 3.79. The zero-order chi connectivity index (χ0) is 12.8. The molecule has 0 bridgehead atoms. The second kappa shape index (κ2) is 7.40. The van der Waals surface area contributed by atoms with Crippen LogP contribution in [-0.4, -0.2) is 32.1 Å². The molecule has 0 fully saturated rings. The lowest BCUT2D eigenvalue weighted by Gasteiger charge is -2.05. The van der Waals surface area contributed by atoms with Gasteiger partial charge in [-0.1, -0.05) is 0 Å². The summed E-state index contributed by atoms with van der Waals surface area (Å²) in [5.41, 5.74) is 0.510. The van der Waals surface area contributed by atoms with Crippen LogP contribution < -0.4 is 5.32 Å². The van der Waals surface area contributed by atoms with E-state index in [9.17, 15) is 13.6 Å². The predicted octanol–water partition coefficient (Wildman–Crippen LogP) is 3.28. The number of carbonyl (C=O) groups excluding carboxylic acids is 1. The van der Waals surface area contributed by atoms with Crippen molar-refractivity contribution in [1.82, 2.24) is 5.32 Å². The molecule has 96 valence electrons. The monoisotopic (exact) mass is 391 g/mol. The van der Waals surface area contributed by atoms with Gasteiger partial charge >= 0.3 is 0 Å².